The lowest BCUT2D eigenvalue weighted by atomic mass is 10.1. The molecule has 0 aliphatic rings. The topological polar surface area (TPSA) is 62.2 Å². The SMILES string of the molecule is Cc1ccc(CNC(=O)c2cncc(C#CCO)c2)cc1. The summed E-state index contributed by atoms with van der Waals surface area (Å²) >= 11 is 0. The van der Waals surface area contributed by atoms with E-state index in [-0.39, 0.29) is 12.5 Å². The van der Waals surface area contributed by atoms with Crippen molar-refractivity contribution in [3.05, 3.63) is 65.0 Å². The first-order valence-corrected chi connectivity index (χ1v) is 6.57. The third kappa shape index (κ3) is 4.44. The molecule has 0 atom stereocenters. The maximum absolute atomic E-state index is 12.1. The van der Waals surface area contributed by atoms with E-state index in [4.69, 9.17) is 5.11 Å². The number of nitrogens with one attached hydrogen (secondary N) is 1. The van der Waals surface area contributed by atoms with Crippen LogP contribution in [-0.2, 0) is 6.54 Å². The molecule has 2 aromatic rings. The van der Waals surface area contributed by atoms with Gasteiger partial charge in [0, 0.05) is 24.5 Å². The van der Waals surface area contributed by atoms with Crippen LogP contribution in [0.15, 0.2) is 42.7 Å². The summed E-state index contributed by atoms with van der Waals surface area (Å²) in [5.41, 5.74) is 3.28. The second-order valence-electron chi connectivity index (χ2n) is 4.59. The van der Waals surface area contributed by atoms with Crippen molar-refractivity contribution in [2.45, 2.75) is 13.5 Å². The number of carbonyl (C=O) groups excluding carboxylic acids is 1. The van der Waals surface area contributed by atoms with Crippen molar-refractivity contribution in [3.8, 4) is 11.8 Å². The molecule has 1 aromatic heterocycles. The van der Waals surface area contributed by atoms with Gasteiger partial charge in [-0.15, -0.1) is 0 Å². The van der Waals surface area contributed by atoms with Crippen molar-refractivity contribution in [2.75, 3.05) is 6.61 Å². The number of aliphatic hydroxyl groups excluding tert-OH is 1. The van der Waals surface area contributed by atoms with Crippen molar-refractivity contribution < 1.29 is 9.90 Å². The standard InChI is InChI=1S/C17H16N2O2/c1-13-4-6-14(7-5-13)11-19-17(21)16-9-15(3-2-8-20)10-18-12-16/h4-7,9-10,12,20H,8,11H2,1H3,(H,19,21). The van der Waals surface area contributed by atoms with E-state index in [1.807, 2.05) is 31.2 Å². The zero-order chi connectivity index (χ0) is 15.1. The van der Waals surface area contributed by atoms with E-state index >= 15 is 0 Å². The smallest absolute Gasteiger partial charge is 0.253 e. The van der Waals surface area contributed by atoms with Gasteiger partial charge < -0.3 is 10.4 Å². The molecule has 21 heavy (non-hydrogen) atoms. The van der Waals surface area contributed by atoms with E-state index in [2.05, 4.69) is 22.1 Å². The summed E-state index contributed by atoms with van der Waals surface area (Å²) in [6.07, 6.45) is 3.05. The minimum Gasteiger partial charge on any atom is -0.384 e. The van der Waals surface area contributed by atoms with Crippen LogP contribution in [0.1, 0.15) is 27.0 Å². The molecule has 0 saturated heterocycles. The average molecular weight is 280 g/mol. The molecule has 0 unspecified atom stereocenters. The first-order valence-electron chi connectivity index (χ1n) is 6.57. The fraction of sp³-hybridized carbons (Fsp3) is 0.176. The molecule has 4 heteroatoms. The molecule has 0 bridgehead atoms. The monoisotopic (exact) mass is 280 g/mol. The molecular weight excluding hydrogens is 264 g/mol. The summed E-state index contributed by atoms with van der Waals surface area (Å²) in [6.45, 7) is 2.27. The predicted octanol–water partition coefficient (Wildman–Crippen LogP) is 1.66. The van der Waals surface area contributed by atoms with Gasteiger partial charge in [0.05, 0.1) is 5.56 Å². The first kappa shape index (κ1) is 14.8. The summed E-state index contributed by atoms with van der Waals surface area (Å²) in [4.78, 5) is 16.0. The van der Waals surface area contributed by atoms with Crippen LogP contribution in [0.4, 0.5) is 0 Å². The van der Waals surface area contributed by atoms with E-state index in [9.17, 15) is 4.79 Å². The molecule has 4 nitrogen and oxygen atoms in total. The van der Waals surface area contributed by atoms with Gasteiger partial charge in [-0.05, 0) is 18.6 Å². The Morgan fingerprint density at radius 3 is 2.76 bits per heavy atom. The van der Waals surface area contributed by atoms with Gasteiger partial charge in [-0.25, -0.2) is 0 Å². The molecule has 0 spiro atoms. The third-order valence-corrected chi connectivity index (χ3v) is 2.89. The fourth-order valence-corrected chi connectivity index (χ4v) is 1.76. The van der Waals surface area contributed by atoms with Crippen LogP contribution in [0.5, 0.6) is 0 Å². The molecule has 1 amide bonds. The lowest BCUT2D eigenvalue weighted by molar-refractivity contribution is 0.0950. The van der Waals surface area contributed by atoms with Crippen LogP contribution in [0.25, 0.3) is 0 Å². The number of nitrogens with zero attached hydrogens (tertiary/aromatic N) is 1. The summed E-state index contributed by atoms with van der Waals surface area (Å²) in [5.74, 6) is 5.06. The van der Waals surface area contributed by atoms with E-state index in [1.165, 1.54) is 11.8 Å². The second-order valence-corrected chi connectivity index (χ2v) is 4.59. The number of pyridine rings is 1. The minimum atomic E-state index is -0.218. The highest BCUT2D eigenvalue weighted by Gasteiger charge is 2.06. The number of carbonyl (C=O) groups is 1. The van der Waals surface area contributed by atoms with Gasteiger partial charge >= 0.3 is 0 Å². The highest BCUT2D eigenvalue weighted by molar-refractivity contribution is 5.94. The number of hydrogen-bond donors (Lipinski definition) is 2. The summed E-state index contributed by atoms with van der Waals surface area (Å²) < 4.78 is 0. The molecule has 1 aromatic carbocycles. The molecule has 0 aliphatic heterocycles. The Morgan fingerprint density at radius 2 is 2.05 bits per heavy atom. The quantitative estimate of drug-likeness (QED) is 0.841. The zero-order valence-electron chi connectivity index (χ0n) is 11.8. The highest BCUT2D eigenvalue weighted by atomic mass is 16.2. The van der Waals surface area contributed by atoms with Crippen LogP contribution >= 0.6 is 0 Å². The number of hydrogen-bond acceptors (Lipinski definition) is 3. The van der Waals surface area contributed by atoms with Crippen molar-refractivity contribution in [1.82, 2.24) is 10.3 Å². The lowest BCUT2D eigenvalue weighted by Crippen LogP contribution is -2.23. The van der Waals surface area contributed by atoms with Crippen molar-refractivity contribution >= 4 is 5.91 Å². The van der Waals surface area contributed by atoms with Crippen LogP contribution in [0.2, 0.25) is 0 Å². The van der Waals surface area contributed by atoms with Gasteiger partial charge in [0.2, 0.25) is 0 Å². The second kappa shape index (κ2) is 7.22. The van der Waals surface area contributed by atoms with E-state index in [0.717, 1.165) is 5.56 Å². The van der Waals surface area contributed by atoms with Gasteiger partial charge in [0.15, 0.2) is 0 Å². The van der Waals surface area contributed by atoms with Crippen LogP contribution in [0, 0.1) is 18.8 Å². The van der Waals surface area contributed by atoms with Gasteiger partial charge in [-0.3, -0.25) is 9.78 Å². The zero-order valence-corrected chi connectivity index (χ0v) is 11.8. The molecule has 2 N–H and O–H groups in total. The number of rotatable bonds is 3. The van der Waals surface area contributed by atoms with Crippen molar-refractivity contribution in [2.24, 2.45) is 0 Å². The van der Waals surface area contributed by atoms with Crippen LogP contribution in [-0.4, -0.2) is 22.6 Å². The molecule has 0 saturated carbocycles. The predicted molar refractivity (Wildman–Crippen MR) is 80.6 cm³/mol. The summed E-state index contributed by atoms with van der Waals surface area (Å²) in [5, 5.41) is 11.5. The van der Waals surface area contributed by atoms with Crippen molar-refractivity contribution in [1.29, 1.82) is 0 Å². The van der Waals surface area contributed by atoms with Crippen LogP contribution in [0.3, 0.4) is 0 Å². The molecule has 0 fully saturated rings. The Hall–Kier alpha value is -2.64. The molecule has 0 radical (unpaired) electrons. The van der Waals surface area contributed by atoms with Gasteiger partial charge in [0.25, 0.3) is 5.91 Å². The van der Waals surface area contributed by atoms with Gasteiger partial charge in [-0.1, -0.05) is 41.7 Å². The average Bonchev–Trinajstić information content (AvgIpc) is 2.52. The molecule has 106 valence electrons. The highest BCUT2D eigenvalue weighted by Crippen LogP contribution is 2.05. The number of amides is 1. The van der Waals surface area contributed by atoms with E-state index in [0.29, 0.717) is 17.7 Å². The van der Waals surface area contributed by atoms with Crippen LogP contribution < -0.4 is 5.32 Å². The minimum absolute atomic E-state index is 0.198. The van der Waals surface area contributed by atoms with Gasteiger partial charge in [-0.2, -0.15) is 0 Å². The Bertz CT molecular complexity index is 682. The van der Waals surface area contributed by atoms with E-state index in [1.54, 1.807) is 12.3 Å². The van der Waals surface area contributed by atoms with E-state index < -0.39 is 0 Å². The normalized spacial score (nSPS) is 9.62. The molecule has 1 heterocycles. The Kier molecular flexibility index (Phi) is 5.08. The van der Waals surface area contributed by atoms with Crippen molar-refractivity contribution in [3.63, 3.8) is 0 Å². The Morgan fingerprint density at radius 1 is 1.29 bits per heavy atom. The number of benzene rings is 1. The maximum atomic E-state index is 12.1. The molecule has 2 rings (SSSR count). The summed E-state index contributed by atoms with van der Waals surface area (Å²) in [7, 11) is 0. The third-order valence-electron chi connectivity index (χ3n) is 2.89. The lowest BCUT2D eigenvalue weighted by Gasteiger charge is -2.06. The Labute approximate surface area is 123 Å². The molecular formula is C17H16N2O2. The maximum Gasteiger partial charge on any atom is 0.253 e. The number of aliphatic hydroxyl groups is 1. The van der Waals surface area contributed by atoms with Gasteiger partial charge in [0.1, 0.15) is 6.61 Å². The molecule has 0 aliphatic carbocycles. The fourth-order valence-electron chi connectivity index (χ4n) is 1.76. The summed E-state index contributed by atoms with van der Waals surface area (Å²) in [6, 6.07) is 9.64. The number of aromatic nitrogens is 1. The number of aryl methyl sites for hydroxylation is 1. The Balaban J connectivity index is 2.01. The largest absolute Gasteiger partial charge is 0.384 e. The first-order chi connectivity index (χ1) is 10.2.